The van der Waals surface area contributed by atoms with Gasteiger partial charge in [0.05, 0.1) is 11.3 Å². The monoisotopic (exact) mass is 418 g/mol. The van der Waals surface area contributed by atoms with Gasteiger partial charge in [-0.1, -0.05) is 0 Å². The summed E-state index contributed by atoms with van der Waals surface area (Å²) in [6, 6.07) is -1.80. The molecule has 3 saturated heterocycles. The van der Waals surface area contributed by atoms with Gasteiger partial charge in [0.15, 0.2) is 0 Å². The number of ether oxygens (including phenoxy) is 1. The van der Waals surface area contributed by atoms with Crippen LogP contribution in [0.25, 0.3) is 0 Å². The van der Waals surface area contributed by atoms with E-state index in [2.05, 4.69) is 5.32 Å². The van der Waals surface area contributed by atoms with Crippen LogP contribution in [0, 0.1) is 0 Å². The number of aliphatic carboxylic acids is 1. The lowest BCUT2D eigenvalue weighted by Crippen LogP contribution is -2.70. The molecule has 0 bridgehead atoms. The molecule has 3 fully saturated rings. The highest BCUT2D eigenvalue weighted by Gasteiger charge is 2.64. The lowest BCUT2D eigenvalue weighted by molar-refractivity contribution is -0.161. The predicted molar refractivity (Wildman–Crippen MR) is 99.6 cm³/mol. The van der Waals surface area contributed by atoms with Crippen molar-refractivity contribution >= 4 is 59.0 Å². The second kappa shape index (κ2) is 7.01. The number of carbonyl (C=O) groups is 4. The van der Waals surface area contributed by atoms with E-state index in [4.69, 9.17) is 4.74 Å². The summed E-state index contributed by atoms with van der Waals surface area (Å²) in [5.41, 5.74) is -0.0942. The van der Waals surface area contributed by atoms with Gasteiger partial charge in [-0.25, -0.2) is 9.59 Å². The van der Waals surface area contributed by atoms with Gasteiger partial charge in [0.25, 0.3) is 5.91 Å². The molecule has 0 aliphatic carbocycles. The summed E-state index contributed by atoms with van der Waals surface area (Å²) in [7, 11) is 1.20. The molecule has 0 radical (unpaired) electrons. The third-order valence-corrected chi connectivity index (χ3v) is 8.62. The fourth-order valence-corrected chi connectivity index (χ4v) is 7.32. The molecule has 142 valence electrons. The van der Waals surface area contributed by atoms with Gasteiger partial charge in [-0.2, -0.15) is 0 Å². The Hall–Kier alpha value is -1.33. The molecule has 8 nitrogen and oxygen atoms in total. The zero-order valence-electron chi connectivity index (χ0n) is 14.3. The molecule has 3 unspecified atom stereocenters. The molecule has 0 aromatic carbocycles. The van der Waals surface area contributed by atoms with Gasteiger partial charge < -0.3 is 20.1 Å². The summed E-state index contributed by atoms with van der Waals surface area (Å²) >= 11 is 4.14. The quantitative estimate of drug-likeness (QED) is 0.221. The Morgan fingerprint density at radius 3 is 2.42 bits per heavy atom. The van der Waals surface area contributed by atoms with Crippen LogP contribution in [0.2, 0.25) is 0 Å². The molecular weight excluding hydrogens is 400 g/mol. The largest absolute Gasteiger partial charge is 0.480 e. The number of β-lactam (4-membered cyclic amide) rings is 1. The van der Waals surface area contributed by atoms with E-state index < -0.39 is 46.0 Å². The van der Waals surface area contributed by atoms with Crippen molar-refractivity contribution < 1.29 is 29.0 Å². The van der Waals surface area contributed by atoms with E-state index >= 15 is 0 Å². The molecule has 3 heterocycles. The van der Waals surface area contributed by atoms with E-state index in [9.17, 15) is 24.3 Å². The second-order valence-corrected chi connectivity index (χ2v) is 10.6. The number of methoxy groups -OCH3 is 1. The zero-order valence-corrected chi connectivity index (χ0v) is 16.8. The molecule has 0 saturated carbocycles. The molecular formula is C15H18N2O6S3. The Kier molecular flexibility index (Phi) is 5.24. The molecule has 2 amide bonds. The molecule has 0 spiro atoms. The van der Waals surface area contributed by atoms with Gasteiger partial charge in [-0.15, -0.1) is 35.3 Å². The number of thioether (sulfide) groups is 3. The summed E-state index contributed by atoms with van der Waals surface area (Å²) in [5, 5.41) is 11.6. The molecule has 3 aliphatic rings. The number of nitrogens with zero attached hydrogens (tertiary/aromatic N) is 1. The number of rotatable bonds is 4. The van der Waals surface area contributed by atoms with Gasteiger partial charge in [-0.05, 0) is 13.8 Å². The number of carboxylic acid groups (broad SMARTS) is 1. The lowest BCUT2D eigenvalue weighted by Gasteiger charge is -2.43. The first-order valence-electron chi connectivity index (χ1n) is 7.81. The molecule has 11 heteroatoms. The summed E-state index contributed by atoms with van der Waals surface area (Å²) in [5.74, 6) is -1.35. The van der Waals surface area contributed by atoms with Crippen LogP contribution >= 0.6 is 35.3 Å². The number of hydrogen-bond donors (Lipinski definition) is 2. The van der Waals surface area contributed by atoms with Crippen LogP contribution in [0.4, 0.5) is 0 Å². The number of esters is 1. The average Bonchev–Trinajstić information content (AvgIpc) is 3.17. The SMILES string of the molecule is COC(=O)C(C(=O)NC1C(=O)N2C1SC(C)(C)C2C(=O)O)=C1SCCS1. The maximum absolute atomic E-state index is 12.7. The molecule has 3 aliphatic heterocycles. The molecule has 2 N–H and O–H groups in total. The summed E-state index contributed by atoms with van der Waals surface area (Å²) in [6.07, 6.45) is 0. The number of amides is 2. The Labute approximate surface area is 162 Å². The first kappa shape index (κ1) is 19.4. The highest BCUT2D eigenvalue weighted by atomic mass is 32.2. The topological polar surface area (TPSA) is 113 Å². The van der Waals surface area contributed by atoms with Crippen LogP contribution in [0.5, 0.6) is 0 Å². The van der Waals surface area contributed by atoms with Crippen molar-refractivity contribution in [2.45, 2.75) is 36.1 Å². The van der Waals surface area contributed by atoms with Gasteiger partial charge in [0.2, 0.25) is 5.91 Å². The molecule has 3 atom stereocenters. The first-order chi connectivity index (χ1) is 12.2. The van der Waals surface area contributed by atoms with E-state index in [0.717, 1.165) is 11.5 Å². The third-order valence-electron chi connectivity index (χ3n) is 4.33. The van der Waals surface area contributed by atoms with Crippen LogP contribution < -0.4 is 5.32 Å². The number of fused-ring (bicyclic) bond motifs is 1. The summed E-state index contributed by atoms with van der Waals surface area (Å²) in [4.78, 5) is 50.0. The predicted octanol–water partition coefficient (Wildman–Crippen LogP) is 0.483. The van der Waals surface area contributed by atoms with Crippen molar-refractivity contribution in [2.24, 2.45) is 0 Å². The molecule has 26 heavy (non-hydrogen) atoms. The van der Waals surface area contributed by atoms with Crippen LogP contribution in [-0.2, 0) is 23.9 Å². The number of hydrogen-bond acceptors (Lipinski definition) is 8. The Morgan fingerprint density at radius 2 is 1.88 bits per heavy atom. The van der Waals surface area contributed by atoms with Gasteiger partial charge in [0, 0.05) is 16.3 Å². The Balaban J connectivity index is 1.79. The average molecular weight is 419 g/mol. The van der Waals surface area contributed by atoms with Crippen LogP contribution in [0.1, 0.15) is 13.8 Å². The minimum Gasteiger partial charge on any atom is -0.480 e. The third kappa shape index (κ3) is 3.09. The van der Waals surface area contributed by atoms with Gasteiger partial charge >= 0.3 is 11.9 Å². The maximum atomic E-state index is 12.7. The van der Waals surface area contributed by atoms with Crippen LogP contribution in [-0.4, -0.2) is 74.6 Å². The normalized spacial score (nSPS) is 29.0. The minimum atomic E-state index is -1.07. The Bertz CT molecular complexity index is 714. The fraction of sp³-hybridized carbons (Fsp3) is 0.600. The van der Waals surface area contributed by atoms with E-state index in [1.54, 1.807) is 13.8 Å². The minimum absolute atomic E-state index is 0.0942. The molecule has 0 aromatic rings. The number of carbonyl (C=O) groups excluding carboxylic acids is 3. The number of carboxylic acids is 1. The van der Waals surface area contributed by atoms with E-state index in [1.807, 2.05) is 0 Å². The van der Waals surface area contributed by atoms with E-state index in [1.165, 1.54) is 47.3 Å². The van der Waals surface area contributed by atoms with Crippen molar-refractivity contribution in [3.05, 3.63) is 9.81 Å². The summed E-state index contributed by atoms with van der Waals surface area (Å²) in [6.45, 7) is 3.52. The van der Waals surface area contributed by atoms with Crippen LogP contribution in [0.3, 0.4) is 0 Å². The highest BCUT2D eigenvalue weighted by Crippen LogP contribution is 2.50. The van der Waals surface area contributed by atoms with Crippen molar-refractivity contribution in [2.75, 3.05) is 18.6 Å². The highest BCUT2D eigenvalue weighted by molar-refractivity contribution is 8.25. The standard InChI is InChI=1S/C15H18N2O6S3/c1-15(2)8(12(20)21)17-10(19)7(11(17)26-15)16-9(18)6(13(22)23-3)14-24-4-5-25-14/h7-8,11H,4-5H2,1-3H3,(H,16,18)(H,20,21). The van der Waals surface area contributed by atoms with Crippen molar-refractivity contribution in [1.82, 2.24) is 10.2 Å². The molecule has 0 aromatic heterocycles. The van der Waals surface area contributed by atoms with E-state index in [-0.39, 0.29) is 5.57 Å². The number of nitrogens with one attached hydrogen (secondary N) is 1. The zero-order chi connectivity index (χ0) is 19.2. The maximum Gasteiger partial charge on any atom is 0.345 e. The fourth-order valence-electron chi connectivity index (χ4n) is 3.18. The van der Waals surface area contributed by atoms with E-state index in [0.29, 0.717) is 4.24 Å². The van der Waals surface area contributed by atoms with Gasteiger partial charge in [-0.3, -0.25) is 9.59 Å². The lowest BCUT2D eigenvalue weighted by atomic mass is 9.96. The van der Waals surface area contributed by atoms with Gasteiger partial charge in [0.1, 0.15) is 23.0 Å². The first-order valence-corrected chi connectivity index (χ1v) is 10.7. The smallest absolute Gasteiger partial charge is 0.345 e. The Morgan fingerprint density at radius 1 is 1.27 bits per heavy atom. The van der Waals surface area contributed by atoms with Crippen molar-refractivity contribution in [1.29, 1.82) is 0 Å². The van der Waals surface area contributed by atoms with Crippen LogP contribution in [0.15, 0.2) is 9.81 Å². The second-order valence-electron chi connectivity index (χ2n) is 6.40. The molecule has 3 rings (SSSR count). The van der Waals surface area contributed by atoms with Crippen molar-refractivity contribution in [3.63, 3.8) is 0 Å². The summed E-state index contributed by atoms with van der Waals surface area (Å²) < 4.78 is 4.62. The van der Waals surface area contributed by atoms with Crippen molar-refractivity contribution in [3.8, 4) is 0 Å².